The van der Waals surface area contributed by atoms with Crippen molar-refractivity contribution in [2.75, 3.05) is 0 Å². The first-order chi connectivity index (χ1) is 10.1. The Morgan fingerprint density at radius 2 is 2.05 bits per heavy atom. The third-order valence-corrected chi connectivity index (χ3v) is 3.64. The van der Waals surface area contributed by atoms with Crippen LogP contribution in [0.2, 0.25) is 5.02 Å². The van der Waals surface area contributed by atoms with E-state index in [4.69, 9.17) is 16.1 Å². The van der Waals surface area contributed by atoms with Gasteiger partial charge in [0.15, 0.2) is 5.82 Å². The molecule has 0 aliphatic heterocycles. The Morgan fingerprint density at radius 3 is 2.86 bits per heavy atom. The van der Waals surface area contributed by atoms with E-state index >= 15 is 0 Å². The maximum Gasteiger partial charge on any atom is 0.261 e. The minimum Gasteiger partial charge on any atom is -0.507 e. The average Bonchev–Trinajstić information content (AvgIpc) is 2.90. The third-order valence-electron chi connectivity index (χ3n) is 2.91. The number of rotatable bonds is 3. The molecule has 1 heterocycles. The highest BCUT2D eigenvalue weighted by molar-refractivity contribution is 9.10. The molecule has 1 N–H and O–H groups in total. The van der Waals surface area contributed by atoms with E-state index in [9.17, 15) is 5.11 Å². The molecule has 6 heteroatoms. The van der Waals surface area contributed by atoms with Crippen LogP contribution in [0.15, 0.2) is 51.5 Å². The number of nitrogens with zero attached hydrogens (tertiary/aromatic N) is 2. The second kappa shape index (κ2) is 5.87. The van der Waals surface area contributed by atoms with Gasteiger partial charge in [0.25, 0.3) is 5.89 Å². The number of phenols is 1. The van der Waals surface area contributed by atoms with E-state index in [-0.39, 0.29) is 11.6 Å². The molecule has 2 aromatic carbocycles. The number of aromatic nitrogens is 2. The maximum absolute atomic E-state index is 9.83. The summed E-state index contributed by atoms with van der Waals surface area (Å²) in [5.41, 5.74) is 1.49. The fourth-order valence-corrected chi connectivity index (χ4v) is 2.56. The number of halogens is 2. The fraction of sp³-hybridized carbons (Fsp3) is 0.0667. The van der Waals surface area contributed by atoms with Crippen LogP contribution in [0.4, 0.5) is 0 Å². The van der Waals surface area contributed by atoms with Crippen molar-refractivity contribution < 1.29 is 9.63 Å². The molecular weight excluding hydrogens is 356 g/mol. The second-order valence-electron chi connectivity index (χ2n) is 4.48. The minimum atomic E-state index is 0.0528. The minimum absolute atomic E-state index is 0.0528. The van der Waals surface area contributed by atoms with Crippen molar-refractivity contribution in [2.45, 2.75) is 6.42 Å². The molecule has 0 bridgehead atoms. The monoisotopic (exact) mass is 364 g/mol. The number of phenolic OH excluding ortho intramolecular Hbond substituents is 1. The summed E-state index contributed by atoms with van der Waals surface area (Å²) >= 11 is 9.34. The first-order valence-electron chi connectivity index (χ1n) is 6.18. The van der Waals surface area contributed by atoms with Crippen LogP contribution in [0, 0.1) is 0 Å². The van der Waals surface area contributed by atoms with E-state index in [2.05, 4.69) is 26.1 Å². The van der Waals surface area contributed by atoms with Gasteiger partial charge in [-0.15, -0.1) is 0 Å². The summed E-state index contributed by atoms with van der Waals surface area (Å²) in [6, 6.07) is 12.6. The zero-order valence-electron chi connectivity index (χ0n) is 10.8. The molecule has 1 aromatic heterocycles. The third kappa shape index (κ3) is 3.25. The van der Waals surface area contributed by atoms with Crippen molar-refractivity contribution in [1.29, 1.82) is 0 Å². The SMILES string of the molecule is Oc1ccc(Cl)cc1-c1nc(Cc2cccc(Br)c2)no1. The molecular formula is C15H10BrClN2O2. The van der Waals surface area contributed by atoms with Crippen molar-refractivity contribution >= 4 is 27.5 Å². The molecule has 3 rings (SSSR count). The van der Waals surface area contributed by atoms with Gasteiger partial charge < -0.3 is 9.63 Å². The van der Waals surface area contributed by atoms with Gasteiger partial charge >= 0.3 is 0 Å². The summed E-state index contributed by atoms with van der Waals surface area (Å²) in [6.45, 7) is 0. The van der Waals surface area contributed by atoms with Crippen molar-refractivity contribution in [3.05, 3.63) is 63.3 Å². The summed E-state index contributed by atoms with van der Waals surface area (Å²) in [4.78, 5) is 4.30. The quantitative estimate of drug-likeness (QED) is 0.745. The summed E-state index contributed by atoms with van der Waals surface area (Å²) < 4.78 is 6.19. The lowest BCUT2D eigenvalue weighted by Crippen LogP contribution is -1.90. The molecule has 0 spiro atoms. The normalized spacial score (nSPS) is 10.8. The maximum atomic E-state index is 9.83. The van der Waals surface area contributed by atoms with Gasteiger partial charge in [-0.2, -0.15) is 4.98 Å². The number of hydrogen-bond acceptors (Lipinski definition) is 4. The van der Waals surface area contributed by atoms with Gasteiger partial charge in [-0.25, -0.2) is 0 Å². The molecule has 0 amide bonds. The van der Waals surface area contributed by atoms with Crippen LogP contribution >= 0.6 is 27.5 Å². The Bertz CT molecular complexity index is 789. The van der Waals surface area contributed by atoms with Gasteiger partial charge in [-0.1, -0.05) is 44.8 Å². The molecule has 106 valence electrons. The predicted molar refractivity (Wildman–Crippen MR) is 83.4 cm³/mol. The van der Waals surface area contributed by atoms with Crippen LogP contribution in [0.1, 0.15) is 11.4 Å². The Hall–Kier alpha value is -1.85. The highest BCUT2D eigenvalue weighted by atomic mass is 79.9. The van der Waals surface area contributed by atoms with Crippen molar-refractivity contribution in [2.24, 2.45) is 0 Å². The van der Waals surface area contributed by atoms with Crippen molar-refractivity contribution in [3.63, 3.8) is 0 Å². The molecule has 21 heavy (non-hydrogen) atoms. The fourth-order valence-electron chi connectivity index (χ4n) is 1.94. The lowest BCUT2D eigenvalue weighted by Gasteiger charge is -1.99. The van der Waals surface area contributed by atoms with Crippen LogP contribution in [-0.2, 0) is 6.42 Å². The van der Waals surface area contributed by atoms with Gasteiger partial charge in [-0.05, 0) is 35.9 Å². The highest BCUT2D eigenvalue weighted by Gasteiger charge is 2.13. The zero-order chi connectivity index (χ0) is 14.8. The number of benzene rings is 2. The summed E-state index contributed by atoms with van der Waals surface area (Å²) in [7, 11) is 0. The molecule has 0 atom stereocenters. The second-order valence-corrected chi connectivity index (χ2v) is 5.84. The molecule has 0 unspecified atom stereocenters. The van der Waals surface area contributed by atoms with E-state index in [0.717, 1.165) is 10.0 Å². The molecule has 0 radical (unpaired) electrons. The molecule has 0 fully saturated rings. The van der Waals surface area contributed by atoms with Gasteiger partial charge in [0.2, 0.25) is 0 Å². The van der Waals surface area contributed by atoms with E-state index in [1.165, 1.54) is 6.07 Å². The lowest BCUT2D eigenvalue weighted by atomic mass is 10.1. The van der Waals surface area contributed by atoms with Gasteiger partial charge in [0, 0.05) is 15.9 Å². The van der Waals surface area contributed by atoms with E-state index < -0.39 is 0 Å². The number of aromatic hydroxyl groups is 1. The first-order valence-corrected chi connectivity index (χ1v) is 7.35. The van der Waals surface area contributed by atoms with Gasteiger partial charge in [0.1, 0.15) is 5.75 Å². The molecule has 0 saturated carbocycles. The Morgan fingerprint density at radius 1 is 1.19 bits per heavy atom. The van der Waals surface area contributed by atoms with Gasteiger partial charge in [-0.3, -0.25) is 0 Å². The molecule has 0 aliphatic carbocycles. The van der Waals surface area contributed by atoms with Crippen LogP contribution in [0.25, 0.3) is 11.5 Å². The summed E-state index contributed by atoms with van der Waals surface area (Å²) in [5, 5.41) is 14.3. The topological polar surface area (TPSA) is 59.2 Å². The Kier molecular flexibility index (Phi) is 3.94. The average molecular weight is 366 g/mol. The van der Waals surface area contributed by atoms with Crippen molar-refractivity contribution in [3.8, 4) is 17.2 Å². The smallest absolute Gasteiger partial charge is 0.261 e. The Labute approximate surface area is 134 Å². The summed E-state index contributed by atoms with van der Waals surface area (Å²) in [5.74, 6) is 0.847. The highest BCUT2D eigenvalue weighted by Crippen LogP contribution is 2.30. The molecule has 4 nitrogen and oxygen atoms in total. The van der Waals surface area contributed by atoms with Crippen molar-refractivity contribution in [1.82, 2.24) is 10.1 Å². The summed E-state index contributed by atoms with van der Waals surface area (Å²) in [6.07, 6.45) is 0.546. The molecule has 3 aromatic rings. The van der Waals surface area contributed by atoms with E-state index in [1.54, 1.807) is 12.1 Å². The van der Waals surface area contributed by atoms with Crippen LogP contribution in [0.5, 0.6) is 5.75 Å². The zero-order valence-corrected chi connectivity index (χ0v) is 13.1. The van der Waals surface area contributed by atoms with E-state index in [0.29, 0.717) is 22.8 Å². The Balaban J connectivity index is 1.88. The van der Waals surface area contributed by atoms with Gasteiger partial charge in [0.05, 0.1) is 5.56 Å². The molecule has 0 saturated heterocycles. The predicted octanol–water partition coefficient (Wildman–Crippen LogP) is 4.45. The lowest BCUT2D eigenvalue weighted by molar-refractivity contribution is 0.418. The molecule has 0 aliphatic rings. The van der Waals surface area contributed by atoms with Crippen LogP contribution in [0.3, 0.4) is 0 Å². The van der Waals surface area contributed by atoms with Crippen LogP contribution < -0.4 is 0 Å². The van der Waals surface area contributed by atoms with E-state index in [1.807, 2.05) is 24.3 Å². The first kappa shape index (κ1) is 14.1. The van der Waals surface area contributed by atoms with Crippen LogP contribution in [-0.4, -0.2) is 15.2 Å². The largest absolute Gasteiger partial charge is 0.507 e. The number of hydrogen-bond donors (Lipinski definition) is 1. The standard InChI is InChI=1S/C15H10BrClN2O2/c16-10-3-1-2-9(6-10)7-14-18-15(21-19-14)12-8-11(17)4-5-13(12)20/h1-6,8,20H,7H2.